The molecular weight excluding hydrogens is 276 g/mol. The molecule has 0 aliphatic carbocycles. The van der Waals surface area contributed by atoms with Crippen molar-refractivity contribution in [3.63, 3.8) is 0 Å². The van der Waals surface area contributed by atoms with E-state index in [9.17, 15) is 4.79 Å². The zero-order chi connectivity index (χ0) is 14.5. The Morgan fingerprint density at radius 3 is 2.65 bits per heavy atom. The number of methoxy groups -OCH3 is 1. The van der Waals surface area contributed by atoms with Crippen LogP contribution in [-0.2, 0) is 0 Å². The van der Waals surface area contributed by atoms with E-state index in [1.807, 2.05) is 19.1 Å². The van der Waals surface area contributed by atoms with Gasteiger partial charge in [0.15, 0.2) is 0 Å². The van der Waals surface area contributed by atoms with Gasteiger partial charge in [-0.15, -0.1) is 0 Å². The van der Waals surface area contributed by atoms with Crippen molar-refractivity contribution in [2.75, 3.05) is 7.11 Å². The quantitative estimate of drug-likeness (QED) is 0.940. The predicted molar refractivity (Wildman–Crippen MR) is 78.1 cm³/mol. The van der Waals surface area contributed by atoms with E-state index in [2.05, 4.69) is 10.3 Å². The van der Waals surface area contributed by atoms with Gasteiger partial charge in [-0.05, 0) is 42.8 Å². The molecule has 0 saturated heterocycles. The molecule has 0 fully saturated rings. The monoisotopic (exact) mass is 290 g/mol. The number of nitrogens with zero attached hydrogens (tertiary/aromatic N) is 1. The van der Waals surface area contributed by atoms with Crippen LogP contribution >= 0.6 is 11.6 Å². The average molecular weight is 291 g/mol. The second-order valence-electron chi connectivity index (χ2n) is 4.32. The summed E-state index contributed by atoms with van der Waals surface area (Å²) in [6.07, 6.45) is 3.39. The van der Waals surface area contributed by atoms with Crippen molar-refractivity contribution < 1.29 is 9.53 Å². The molecule has 20 heavy (non-hydrogen) atoms. The first kappa shape index (κ1) is 14.3. The molecular formula is C15H15ClN2O2. The summed E-state index contributed by atoms with van der Waals surface area (Å²) >= 11 is 5.88. The molecule has 0 spiro atoms. The SMILES string of the molecule is COc1cc(Cl)ccc1C(=O)N[C@H](C)c1ccncc1. The fourth-order valence-electron chi connectivity index (χ4n) is 1.86. The molecule has 1 atom stereocenters. The van der Waals surface area contributed by atoms with E-state index in [1.54, 1.807) is 30.6 Å². The molecule has 0 unspecified atom stereocenters. The lowest BCUT2D eigenvalue weighted by atomic mass is 10.1. The van der Waals surface area contributed by atoms with E-state index in [0.29, 0.717) is 16.3 Å². The van der Waals surface area contributed by atoms with Gasteiger partial charge in [0, 0.05) is 17.4 Å². The minimum absolute atomic E-state index is 0.120. The molecule has 2 aromatic rings. The molecule has 4 nitrogen and oxygen atoms in total. The highest BCUT2D eigenvalue weighted by molar-refractivity contribution is 6.30. The number of benzene rings is 1. The van der Waals surface area contributed by atoms with Gasteiger partial charge < -0.3 is 10.1 Å². The number of pyridine rings is 1. The van der Waals surface area contributed by atoms with Crippen molar-refractivity contribution in [3.05, 3.63) is 58.9 Å². The first-order valence-corrected chi connectivity index (χ1v) is 6.54. The smallest absolute Gasteiger partial charge is 0.255 e. The van der Waals surface area contributed by atoms with Gasteiger partial charge in [-0.25, -0.2) is 0 Å². The summed E-state index contributed by atoms with van der Waals surface area (Å²) in [6.45, 7) is 1.91. The van der Waals surface area contributed by atoms with E-state index in [1.165, 1.54) is 7.11 Å². The molecule has 1 N–H and O–H groups in total. The summed E-state index contributed by atoms with van der Waals surface area (Å²) in [7, 11) is 1.51. The Labute approximate surface area is 122 Å². The van der Waals surface area contributed by atoms with Gasteiger partial charge in [0.25, 0.3) is 5.91 Å². The number of hydrogen-bond acceptors (Lipinski definition) is 3. The maximum absolute atomic E-state index is 12.3. The summed E-state index contributed by atoms with van der Waals surface area (Å²) in [5, 5.41) is 3.45. The van der Waals surface area contributed by atoms with Gasteiger partial charge in [0.2, 0.25) is 0 Å². The normalized spacial score (nSPS) is 11.8. The van der Waals surface area contributed by atoms with Crippen LogP contribution in [0.2, 0.25) is 5.02 Å². The second-order valence-corrected chi connectivity index (χ2v) is 4.76. The average Bonchev–Trinajstić information content (AvgIpc) is 2.47. The van der Waals surface area contributed by atoms with E-state index in [0.717, 1.165) is 5.56 Å². The van der Waals surface area contributed by atoms with Crippen molar-refractivity contribution in [1.29, 1.82) is 0 Å². The Hall–Kier alpha value is -2.07. The van der Waals surface area contributed by atoms with Crippen molar-refractivity contribution in [2.24, 2.45) is 0 Å². The van der Waals surface area contributed by atoms with Crippen LogP contribution in [0.15, 0.2) is 42.7 Å². The highest BCUT2D eigenvalue weighted by Crippen LogP contribution is 2.23. The van der Waals surface area contributed by atoms with E-state index in [4.69, 9.17) is 16.3 Å². The fraction of sp³-hybridized carbons (Fsp3) is 0.200. The number of ether oxygens (including phenoxy) is 1. The molecule has 5 heteroatoms. The van der Waals surface area contributed by atoms with E-state index >= 15 is 0 Å². The molecule has 0 saturated carbocycles. The van der Waals surface area contributed by atoms with Crippen LogP contribution in [-0.4, -0.2) is 18.0 Å². The Morgan fingerprint density at radius 1 is 1.30 bits per heavy atom. The minimum atomic E-state index is -0.206. The molecule has 2 rings (SSSR count). The van der Waals surface area contributed by atoms with Crippen LogP contribution in [0.4, 0.5) is 0 Å². The van der Waals surface area contributed by atoms with Gasteiger partial charge in [0.05, 0.1) is 18.7 Å². The largest absolute Gasteiger partial charge is 0.496 e. The highest BCUT2D eigenvalue weighted by atomic mass is 35.5. The van der Waals surface area contributed by atoms with Gasteiger partial charge >= 0.3 is 0 Å². The molecule has 1 heterocycles. The number of amides is 1. The molecule has 1 aromatic carbocycles. The van der Waals surface area contributed by atoms with Gasteiger partial charge in [-0.2, -0.15) is 0 Å². The first-order valence-electron chi connectivity index (χ1n) is 6.16. The lowest BCUT2D eigenvalue weighted by molar-refractivity contribution is 0.0937. The number of carbonyl (C=O) groups excluding carboxylic acids is 1. The van der Waals surface area contributed by atoms with Crippen molar-refractivity contribution in [1.82, 2.24) is 10.3 Å². The summed E-state index contributed by atoms with van der Waals surface area (Å²) in [5.41, 5.74) is 1.44. The maximum Gasteiger partial charge on any atom is 0.255 e. The third-order valence-corrected chi connectivity index (χ3v) is 3.20. The van der Waals surface area contributed by atoms with Gasteiger partial charge in [0.1, 0.15) is 5.75 Å². The second kappa shape index (κ2) is 6.39. The lowest BCUT2D eigenvalue weighted by Gasteiger charge is -2.15. The van der Waals surface area contributed by atoms with Crippen molar-refractivity contribution >= 4 is 17.5 Å². The third kappa shape index (κ3) is 3.27. The van der Waals surface area contributed by atoms with Crippen LogP contribution in [0.5, 0.6) is 5.75 Å². The number of aromatic nitrogens is 1. The molecule has 1 aromatic heterocycles. The lowest BCUT2D eigenvalue weighted by Crippen LogP contribution is -2.27. The summed E-state index contributed by atoms with van der Waals surface area (Å²) < 4.78 is 5.18. The minimum Gasteiger partial charge on any atom is -0.496 e. The molecule has 0 aliphatic rings. The summed E-state index contributed by atoms with van der Waals surface area (Å²) in [6, 6.07) is 8.54. The number of nitrogens with one attached hydrogen (secondary N) is 1. The summed E-state index contributed by atoms with van der Waals surface area (Å²) in [4.78, 5) is 16.2. The molecule has 0 bridgehead atoms. The summed E-state index contributed by atoms with van der Waals surface area (Å²) in [5.74, 6) is 0.250. The molecule has 0 radical (unpaired) electrons. The highest BCUT2D eigenvalue weighted by Gasteiger charge is 2.15. The zero-order valence-corrected chi connectivity index (χ0v) is 12.0. The molecule has 0 aliphatic heterocycles. The molecule has 104 valence electrons. The van der Waals surface area contributed by atoms with Crippen molar-refractivity contribution in [3.8, 4) is 5.75 Å². The van der Waals surface area contributed by atoms with Crippen LogP contribution < -0.4 is 10.1 Å². The van der Waals surface area contributed by atoms with Crippen molar-refractivity contribution in [2.45, 2.75) is 13.0 Å². The predicted octanol–water partition coefficient (Wildman–Crippen LogP) is 3.23. The standard InChI is InChI=1S/C15H15ClN2O2/c1-10(11-5-7-17-8-6-11)18-15(19)13-4-3-12(16)9-14(13)20-2/h3-10H,1-2H3,(H,18,19)/t10-/m1/s1. The van der Waals surface area contributed by atoms with Gasteiger partial charge in [-0.1, -0.05) is 11.6 Å². The topological polar surface area (TPSA) is 51.2 Å². The molecule has 1 amide bonds. The Morgan fingerprint density at radius 2 is 2.00 bits per heavy atom. The maximum atomic E-state index is 12.3. The van der Waals surface area contributed by atoms with E-state index in [-0.39, 0.29) is 11.9 Å². The van der Waals surface area contributed by atoms with Crippen LogP contribution in [0.25, 0.3) is 0 Å². The first-order chi connectivity index (χ1) is 9.61. The Bertz CT molecular complexity index is 602. The number of carbonyl (C=O) groups is 1. The third-order valence-electron chi connectivity index (χ3n) is 2.96. The Balaban J connectivity index is 2.16. The number of halogens is 1. The Kier molecular flexibility index (Phi) is 4.58. The van der Waals surface area contributed by atoms with Crippen LogP contribution in [0.3, 0.4) is 0 Å². The number of hydrogen-bond donors (Lipinski definition) is 1. The van der Waals surface area contributed by atoms with Gasteiger partial charge in [-0.3, -0.25) is 9.78 Å². The van der Waals surface area contributed by atoms with Crippen LogP contribution in [0, 0.1) is 0 Å². The fourth-order valence-corrected chi connectivity index (χ4v) is 2.02. The number of rotatable bonds is 4. The van der Waals surface area contributed by atoms with Crippen LogP contribution in [0.1, 0.15) is 28.9 Å². The van der Waals surface area contributed by atoms with E-state index < -0.39 is 0 Å². The zero-order valence-electron chi connectivity index (χ0n) is 11.3.